The van der Waals surface area contributed by atoms with Crippen LogP contribution in [0.1, 0.15) is 5.56 Å². The van der Waals surface area contributed by atoms with Crippen molar-refractivity contribution >= 4 is 23.2 Å². The van der Waals surface area contributed by atoms with Crippen molar-refractivity contribution in [2.45, 2.75) is 6.92 Å². The van der Waals surface area contributed by atoms with Crippen molar-refractivity contribution in [1.82, 2.24) is 0 Å². The fourth-order valence-electron chi connectivity index (χ4n) is 1.72. The number of hydrogen-bond acceptors (Lipinski definition) is 2. The highest BCUT2D eigenvalue weighted by atomic mass is 35.5. The largest absolute Gasteiger partial charge is 0.370 e. The SMILES string of the molecule is Cc1cccc(Cl)c1N1CCOCC1=O. The molecule has 80 valence electrons. The monoisotopic (exact) mass is 225 g/mol. The lowest BCUT2D eigenvalue weighted by Crippen LogP contribution is -2.42. The van der Waals surface area contributed by atoms with Gasteiger partial charge in [-0.15, -0.1) is 0 Å². The van der Waals surface area contributed by atoms with Crippen molar-refractivity contribution in [2.24, 2.45) is 0 Å². The van der Waals surface area contributed by atoms with E-state index in [1.165, 1.54) is 0 Å². The van der Waals surface area contributed by atoms with Crippen molar-refractivity contribution in [2.75, 3.05) is 24.7 Å². The van der Waals surface area contributed by atoms with E-state index in [1.807, 2.05) is 19.1 Å². The quantitative estimate of drug-likeness (QED) is 0.732. The normalized spacial score (nSPS) is 16.9. The van der Waals surface area contributed by atoms with Gasteiger partial charge in [-0.05, 0) is 18.6 Å². The third-order valence-electron chi connectivity index (χ3n) is 2.44. The van der Waals surface area contributed by atoms with Crippen LogP contribution in [0.5, 0.6) is 0 Å². The van der Waals surface area contributed by atoms with Gasteiger partial charge in [0, 0.05) is 6.54 Å². The molecule has 4 heteroatoms. The number of hydrogen-bond donors (Lipinski definition) is 0. The number of halogens is 1. The standard InChI is InChI=1S/C11H12ClNO2/c1-8-3-2-4-9(12)11(8)13-5-6-15-7-10(13)14/h2-4H,5-7H2,1H3. The summed E-state index contributed by atoms with van der Waals surface area (Å²) in [6.45, 7) is 3.23. The summed E-state index contributed by atoms with van der Waals surface area (Å²) in [6, 6.07) is 5.63. The number of amides is 1. The molecule has 0 saturated carbocycles. The van der Waals surface area contributed by atoms with E-state index in [-0.39, 0.29) is 12.5 Å². The van der Waals surface area contributed by atoms with Crippen LogP contribution in [-0.4, -0.2) is 25.7 Å². The average molecular weight is 226 g/mol. The molecule has 0 aliphatic carbocycles. The van der Waals surface area contributed by atoms with Gasteiger partial charge in [-0.1, -0.05) is 23.7 Å². The van der Waals surface area contributed by atoms with E-state index in [2.05, 4.69) is 0 Å². The van der Waals surface area contributed by atoms with Gasteiger partial charge in [-0.2, -0.15) is 0 Å². The van der Waals surface area contributed by atoms with Gasteiger partial charge in [0.2, 0.25) is 0 Å². The van der Waals surface area contributed by atoms with Crippen LogP contribution in [-0.2, 0) is 9.53 Å². The van der Waals surface area contributed by atoms with Crippen LogP contribution in [0.3, 0.4) is 0 Å². The highest BCUT2D eigenvalue weighted by molar-refractivity contribution is 6.34. The molecule has 0 spiro atoms. The van der Waals surface area contributed by atoms with E-state index in [4.69, 9.17) is 16.3 Å². The zero-order valence-electron chi connectivity index (χ0n) is 8.50. The minimum Gasteiger partial charge on any atom is -0.370 e. The first-order valence-electron chi connectivity index (χ1n) is 4.83. The molecule has 1 saturated heterocycles. The predicted molar refractivity (Wildman–Crippen MR) is 59.4 cm³/mol. The molecule has 15 heavy (non-hydrogen) atoms. The lowest BCUT2D eigenvalue weighted by Gasteiger charge is -2.28. The Kier molecular flexibility index (Phi) is 2.93. The molecule has 1 aromatic rings. The number of anilines is 1. The fraction of sp³-hybridized carbons (Fsp3) is 0.364. The first-order valence-corrected chi connectivity index (χ1v) is 5.21. The van der Waals surface area contributed by atoms with Crippen molar-refractivity contribution in [3.8, 4) is 0 Å². The van der Waals surface area contributed by atoms with Crippen LogP contribution in [0, 0.1) is 6.92 Å². The maximum atomic E-state index is 11.6. The smallest absolute Gasteiger partial charge is 0.253 e. The van der Waals surface area contributed by atoms with Crippen molar-refractivity contribution in [3.05, 3.63) is 28.8 Å². The van der Waals surface area contributed by atoms with Gasteiger partial charge in [0.1, 0.15) is 6.61 Å². The second-order valence-electron chi connectivity index (χ2n) is 3.50. The molecule has 1 amide bonds. The lowest BCUT2D eigenvalue weighted by atomic mass is 10.1. The van der Waals surface area contributed by atoms with Crippen LogP contribution in [0.4, 0.5) is 5.69 Å². The number of carbonyl (C=O) groups excluding carboxylic acids is 1. The Morgan fingerprint density at radius 1 is 1.47 bits per heavy atom. The summed E-state index contributed by atoms with van der Waals surface area (Å²) in [5.41, 5.74) is 1.82. The summed E-state index contributed by atoms with van der Waals surface area (Å²) in [7, 11) is 0. The summed E-state index contributed by atoms with van der Waals surface area (Å²) in [4.78, 5) is 13.3. The summed E-state index contributed by atoms with van der Waals surface area (Å²) in [5, 5.41) is 0.616. The Morgan fingerprint density at radius 3 is 2.93 bits per heavy atom. The molecule has 2 rings (SSSR count). The zero-order valence-corrected chi connectivity index (χ0v) is 9.25. The van der Waals surface area contributed by atoms with E-state index in [9.17, 15) is 4.79 Å². The fourth-order valence-corrected chi connectivity index (χ4v) is 2.04. The van der Waals surface area contributed by atoms with Crippen molar-refractivity contribution in [3.63, 3.8) is 0 Å². The van der Waals surface area contributed by atoms with Gasteiger partial charge in [0.25, 0.3) is 5.91 Å². The number of ether oxygens (including phenoxy) is 1. The third-order valence-corrected chi connectivity index (χ3v) is 2.75. The van der Waals surface area contributed by atoms with Gasteiger partial charge < -0.3 is 9.64 Å². The van der Waals surface area contributed by atoms with Crippen molar-refractivity contribution in [1.29, 1.82) is 0 Å². The molecule has 0 bridgehead atoms. The zero-order chi connectivity index (χ0) is 10.8. The minimum atomic E-state index is -0.0301. The Morgan fingerprint density at radius 2 is 2.27 bits per heavy atom. The van der Waals surface area contributed by atoms with Gasteiger partial charge >= 0.3 is 0 Å². The topological polar surface area (TPSA) is 29.5 Å². The molecule has 0 aromatic heterocycles. The first kappa shape index (κ1) is 10.5. The molecule has 0 unspecified atom stereocenters. The van der Waals surface area contributed by atoms with Gasteiger partial charge in [-0.3, -0.25) is 4.79 Å². The maximum Gasteiger partial charge on any atom is 0.253 e. The molecule has 0 radical (unpaired) electrons. The Balaban J connectivity index is 2.39. The molecule has 1 aliphatic heterocycles. The molecule has 0 atom stereocenters. The van der Waals surface area contributed by atoms with Gasteiger partial charge in [-0.25, -0.2) is 0 Å². The van der Waals surface area contributed by atoms with Crippen LogP contribution < -0.4 is 4.90 Å². The third kappa shape index (κ3) is 1.98. The van der Waals surface area contributed by atoms with E-state index in [1.54, 1.807) is 11.0 Å². The second-order valence-corrected chi connectivity index (χ2v) is 3.91. The molecule has 1 aliphatic rings. The number of morpholine rings is 1. The Hall–Kier alpha value is -1.06. The number of aryl methyl sites for hydroxylation is 1. The summed E-state index contributed by atoms with van der Waals surface area (Å²) < 4.78 is 5.08. The maximum absolute atomic E-state index is 11.6. The number of nitrogens with zero attached hydrogens (tertiary/aromatic N) is 1. The average Bonchev–Trinajstić information content (AvgIpc) is 2.20. The predicted octanol–water partition coefficient (Wildman–Crippen LogP) is 2.01. The minimum absolute atomic E-state index is 0.0301. The van der Waals surface area contributed by atoms with Crippen LogP contribution in [0.2, 0.25) is 5.02 Å². The van der Waals surface area contributed by atoms with E-state index >= 15 is 0 Å². The molecule has 1 fully saturated rings. The Labute approximate surface area is 93.6 Å². The van der Waals surface area contributed by atoms with Gasteiger partial charge in [0.05, 0.1) is 17.3 Å². The number of carbonyl (C=O) groups is 1. The molecule has 0 N–H and O–H groups in total. The van der Waals surface area contributed by atoms with Crippen LogP contribution in [0.25, 0.3) is 0 Å². The molecular weight excluding hydrogens is 214 g/mol. The first-order chi connectivity index (χ1) is 7.20. The summed E-state index contributed by atoms with van der Waals surface area (Å²) in [5.74, 6) is -0.0301. The Bertz CT molecular complexity index is 372. The molecule has 1 aromatic carbocycles. The number of para-hydroxylation sites is 1. The highest BCUT2D eigenvalue weighted by Gasteiger charge is 2.23. The molecule has 1 heterocycles. The highest BCUT2D eigenvalue weighted by Crippen LogP contribution is 2.30. The van der Waals surface area contributed by atoms with Crippen molar-refractivity contribution < 1.29 is 9.53 Å². The van der Waals surface area contributed by atoms with E-state index in [0.717, 1.165) is 11.3 Å². The summed E-state index contributed by atoms with van der Waals surface area (Å²) >= 11 is 6.09. The van der Waals surface area contributed by atoms with Gasteiger partial charge in [0.15, 0.2) is 0 Å². The lowest BCUT2D eigenvalue weighted by molar-refractivity contribution is -0.125. The van der Waals surface area contributed by atoms with E-state index < -0.39 is 0 Å². The second kappa shape index (κ2) is 4.21. The molecular formula is C11H12ClNO2. The van der Waals surface area contributed by atoms with Crippen LogP contribution >= 0.6 is 11.6 Å². The molecule has 3 nitrogen and oxygen atoms in total. The van der Waals surface area contributed by atoms with Crippen LogP contribution in [0.15, 0.2) is 18.2 Å². The van der Waals surface area contributed by atoms with E-state index in [0.29, 0.717) is 18.2 Å². The number of rotatable bonds is 1. The number of benzene rings is 1. The summed E-state index contributed by atoms with van der Waals surface area (Å²) in [6.07, 6.45) is 0.